The van der Waals surface area contributed by atoms with Gasteiger partial charge in [-0.2, -0.15) is 8.42 Å². The summed E-state index contributed by atoms with van der Waals surface area (Å²) in [5.74, 6) is 5.33. The molecule has 0 aliphatic heterocycles. The average molecular weight is 200 g/mol. The van der Waals surface area contributed by atoms with E-state index in [1.807, 2.05) is 0 Å². The molecule has 13 heavy (non-hydrogen) atoms. The lowest BCUT2D eigenvalue weighted by Crippen LogP contribution is -2.41. The topological polar surface area (TPSA) is 43.4 Å². The lowest BCUT2D eigenvalue weighted by Gasteiger charge is -2.38. The first-order valence-electron chi connectivity index (χ1n) is 4.96. The second kappa shape index (κ2) is 1.70. The summed E-state index contributed by atoms with van der Waals surface area (Å²) >= 11 is 0. The van der Waals surface area contributed by atoms with Gasteiger partial charge >= 0.3 is 0 Å². The molecule has 4 heteroatoms. The first-order chi connectivity index (χ1) is 6.08. The Bertz CT molecular complexity index is 378. The van der Waals surface area contributed by atoms with Gasteiger partial charge in [0.25, 0.3) is 10.1 Å². The Hall–Kier alpha value is -0.0900. The fourth-order valence-electron chi connectivity index (χ4n) is 4.16. The fraction of sp³-hybridized carbons (Fsp3) is 1.00. The van der Waals surface area contributed by atoms with Gasteiger partial charge in [-0.05, 0) is 41.9 Å². The average Bonchev–Trinajstić information content (AvgIpc) is 2.77. The predicted molar refractivity (Wildman–Crippen MR) is 45.3 cm³/mol. The van der Waals surface area contributed by atoms with Crippen LogP contribution in [0.2, 0.25) is 0 Å². The van der Waals surface area contributed by atoms with Crippen LogP contribution < -0.4 is 0 Å². The van der Waals surface area contributed by atoms with Gasteiger partial charge in [0.1, 0.15) is 0 Å². The van der Waals surface area contributed by atoms with Gasteiger partial charge in [0.2, 0.25) is 0 Å². The Morgan fingerprint density at radius 1 is 1.08 bits per heavy atom. The van der Waals surface area contributed by atoms with E-state index >= 15 is 0 Å². The Morgan fingerprint density at radius 2 is 1.69 bits per heavy atom. The molecule has 0 heterocycles. The van der Waals surface area contributed by atoms with Crippen molar-refractivity contribution in [1.82, 2.24) is 0 Å². The first-order valence-corrected chi connectivity index (χ1v) is 6.78. The molecule has 72 valence electrons. The van der Waals surface area contributed by atoms with Crippen LogP contribution in [-0.4, -0.2) is 20.8 Å². The van der Waals surface area contributed by atoms with E-state index in [-0.39, 0.29) is 6.10 Å². The van der Waals surface area contributed by atoms with Gasteiger partial charge < -0.3 is 0 Å². The van der Waals surface area contributed by atoms with Crippen molar-refractivity contribution in [3.63, 3.8) is 0 Å². The highest BCUT2D eigenvalue weighted by molar-refractivity contribution is 7.86. The van der Waals surface area contributed by atoms with E-state index in [1.54, 1.807) is 0 Å². The lowest BCUT2D eigenvalue weighted by atomic mass is 9.74. The molecule has 5 saturated carbocycles. The highest BCUT2D eigenvalue weighted by atomic mass is 32.2. The largest absolute Gasteiger partial charge is 0.267 e. The summed E-state index contributed by atoms with van der Waals surface area (Å²) in [5, 5.41) is 0. The maximum Gasteiger partial charge on any atom is 0.264 e. The van der Waals surface area contributed by atoms with Crippen molar-refractivity contribution in [2.24, 2.45) is 35.5 Å². The zero-order chi connectivity index (χ0) is 8.96. The van der Waals surface area contributed by atoms with Gasteiger partial charge in [0.05, 0.1) is 12.4 Å². The van der Waals surface area contributed by atoms with Crippen LogP contribution in [0.15, 0.2) is 0 Å². The molecule has 5 aliphatic rings. The number of hydrogen-bond donors (Lipinski definition) is 0. The molecule has 2 bridgehead atoms. The minimum atomic E-state index is -3.22. The summed E-state index contributed by atoms with van der Waals surface area (Å²) in [7, 11) is -3.22. The molecule has 2 unspecified atom stereocenters. The first kappa shape index (κ1) is 7.23. The Kier molecular flexibility index (Phi) is 0.944. The predicted octanol–water partition coefficient (Wildman–Crippen LogP) is 0.473. The van der Waals surface area contributed by atoms with Crippen molar-refractivity contribution in [1.29, 1.82) is 0 Å². The standard InChI is InChI=1S/C9H12O3S/c1-13(10,11)12-4-2-3-5(4)7-8-6(3)9(7)8/h3-9H,2H2,1H3/t3-,4+,5-,6?,7?,8?,9?/m0/s1. The smallest absolute Gasteiger partial charge is 0.264 e. The summed E-state index contributed by atoms with van der Waals surface area (Å²) in [4.78, 5) is 0. The SMILES string of the molecule is CS(=O)(=O)O[C@@H]1C[C@@H]2C3C4C3C4[C@@H]21. The van der Waals surface area contributed by atoms with E-state index in [0.29, 0.717) is 5.92 Å². The quantitative estimate of drug-likeness (QED) is 0.609. The molecular weight excluding hydrogens is 188 g/mol. The maximum absolute atomic E-state index is 10.9. The minimum Gasteiger partial charge on any atom is -0.267 e. The molecule has 0 N–H and O–H groups in total. The molecule has 3 nitrogen and oxygen atoms in total. The third kappa shape index (κ3) is 0.699. The van der Waals surface area contributed by atoms with Crippen LogP contribution in [0.1, 0.15) is 6.42 Å². The Labute approximate surface area is 77.6 Å². The van der Waals surface area contributed by atoms with Crippen molar-refractivity contribution < 1.29 is 12.6 Å². The van der Waals surface area contributed by atoms with Crippen LogP contribution in [0.25, 0.3) is 0 Å². The summed E-state index contributed by atoms with van der Waals surface area (Å²) in [5.41, 5.74) is 0. The molecule has 0 aromatic heterocycles. The van der Waals surface area contributed by atoms with E-state index < -0.39 is 10.1 Å². The van der Waals surface area contributed by atoms with Crippen molar-refractivity contribution in [3.8, 4) is 0 Å². The molecule has 0 aromatic rings. The van der Waals surface area contributed by atoms with E-state index in [0.717, 1.165) is 42.3 Å². The molecule has 0 spiro atoms. The second-order valence-corrected chi connectivity index (χ2v) is 6.73. The van der Waals surface area contributed by atoms with Gasteiger partial charge in [-0.15, -0.1) is 0 Å². The van der Waals surface area contributed by atoms with Crippen molar-refractivity contribution >= 4 is 10.1 Å². The van der Waals surface area contributed by atoms with Gasteiger partial charge in [-0.25, -0.2) is 0 Å². The van der Waals surface area contributed by atoms with Crippen molar-refractivity contribution in [2.75, 3.05) is 6.26 Å². The highest BCUT2D eigenvalue weighted by Gasteiger charge is 2.87. The Balaban J connectivity index is 1.54. The molecule has 0 saturated heterocycles. The number of hydrogen-bond acceptors (Lipinski definition) is 3. The molecule has 5 fully saturated rings. The molecule has 0 amide bonds. The zero-order valence-electron chi connectivity index (χ0n) is 7.38. The lowest BCUT2D eigenvalue weighted by molar-refractivity contribution is 0.00753. The molecule has 5 aliphatic carbocycles. The van der Waals surface area contributed by atoms with Gasteiger partial charge in [-0.1, -0.05) is 0 Å². The van der Waals surface area contributed by atoms with Crippen LogP contribution in [0.5, 0.6) is 0 Å². The van der Waals surface area contributed by atoms with E-state index in [9.17, 15) is 8.42 Å². The molecule has 0 aromatic carbocycles. The summed E-state index contributed by atoms with van der Waals surface area (Å²) in [6.45, 7) is 0. The third-order valence-corrected chi connectivity index (χ3v) is 5.20. The molecule has 0 radical (unpaired) electrons. The number of rotatable bonds is 2. The summed E-state index contributed by atoms with van der Waals surface area (Å²) in [6, 6.07) is 0. The van der Waals surface area contributed by atoms with Crippen LogP contribution in [0, 0.1) is 35.5 Å². The van der Waals surface area contributed by atoms with Crippen LogP contribution >= 0.6 is 0 Å². The highest BCUT2D eigenvalue weighted by Crippen LogP contribution is 2.89. The Morgan fingerprint density at radius 3 is 2.23 bits per heavy atom. The second-order valence-electron chi connectivity index (χ2n) is 5.13. The monoisotopic (exact) mass is 200 g/mol. The maximum atomic E-state index is 10.9. The fourth-order valence-corrected chi connectivity index (χ4v) is 4.81. The van der Waals surface area contributed by atoms with Gasteiger partial charge in [0, 0.05) is 0 Å². The molecule has 5 atom stereocenters. The van der Waals surface area contributed by atoms with Gasteiger partial charge in [0.15, 0.2) is 0 Å². The summed E-state index contributed by atoms with van der Waals surface area (Å²) < 4.78 is 26.9. The van der Waals surface area contributed by atoms with Crippen LogP contribution in [0.3, 0.4) is 0 Å². The summed E-state index contributed by atoms with van der Waals surface area (Å²) in [6.07, 6.45) is 2.21. The van der Waals surface area contributed by atoms with Gasteiger partial charge in [-0.3, -0.25) is 4.18 Å². The molecular formula is C9H12O3S. The van der Waals surface area contributed by atoms with Crippen molar-refractivity contribution in [2.45, 2.75) is 12.5 Å². The van der Waals surface area contributed by atoms with E-state index in [4.69, 9.17) is 4.18 Å². The van der Waals surface area contributed by atoms with E-state index in [2.05, 4.69) is 0 Å². The zero-order valence-corrected chi connectivity index (χ0v) is 8.20. The normalized spacial score (nSPS) is 65.2. The minimum absolute atomic E-state index is 0.0463. The van der Waals surface area contributed by atoms with Crippen LogP contribution in [0.4, 0.5) is 0 Å². The molecule has 5 rings (SSSR count). The van der Waals surface area contributed by atoms with Crippen molar-refractivity contribution in [3.05, 3.63) is 0 Å². The van der Waals surface area contributed by atoms with E-state index in [1.165, 1.54) is 0 Å². The third-order valence-electron chi connectivity index (χ3n) is 4.61. The van der Waals surface area contributed by atoms with Crippen LogP contribution in [-0.2, 0) is 14.3 Å².